The normalized spacial score (nSPS) is 57.2. The Hall–Kier alpha value is -0.160. The van der Waals surface area contributed by atoms with Gasteiger partial charge in [0.1, 0.15) is 0 Å². The topological polar surface area (TPSA) is 30.9 Å². The summed E-state index contributed by atoms with van der Waals surface area (Å²) in [5.74, 6) is 1.29. The fourth-order valence-electron chi connectivity index (χ4n) is 5.13. The van der Waals surface area contributed by atoms with Crippen molar-refractivity contribution in [1.29, 1.82) is 0 Å². The van der Waals surface area contributed by atoms with Crippen LogP contribution in [0.15, 0.2) is 0 Å². The Morgan fingerprint density at radius 2 is 2.24 bits per heavy atom. The summed E-state index contributed by atoms with van der Waals surface area (Å²) in [7, 11) is 1.76. The molecule has 0 aromatic carbocycles. The van der Waals surface area contributed by atoms with Gasteiger partial charge in [-0.2, -0.15) is 0 Å². The lowest BCUT2D eigenvalue weighted by Crippen LogP contribution is -2.61. The molecule has 2 aliphatic heterocycles. The predicted octanol–water partition coefficient (Wildman–Crippen LogP) is 2.11. The number of nitrogens with zero attached hydrogens (tertiary/aromatic N) is 1. The summed E-state index contributed by atoms with van der Waals surface area (Å²) < 4.78 is 5.64. The van der Waals surface area contributed by atoms with Crippen LogP contribution < -0.4 is 0 Å². The van der Waals surface area contributed by atoms with E-state index in [-0.39, 0.29) is 17.2 Å². The van der Waals surface area contributed by atoms with Crippen molar-refractivity contribution in [3.8, 4) is 0 Å². The summed E-state index contributed by atoms with van der Waals surface area (Å²) in [6.45, 7) is 3.15. The molecule has 2 saturated carbocycles. The lowest BCUT2D eigenvalue weighted by atomic mass is 9.63. The summed E-state index contributed by atoms with van der Waals surface area (Å²) in [4.78, 5) is 11.7. The molecule has 2 bridgehead atoms. The maximum atomic E-state index is 5.97. The van der Waals surface area contributed by atoms with Crippen LogP contribution >= 0.6 is 0 Å². The molecule has 2 aliphatic carbocycles. The molecule has 0 aromatic heterocycles. The Bertz CT molecular complexity index is 342. The lowest BCUT2D eigenvalue weighted by Gasteiger charge is -2.54. The molecule has 5 atom stereocenters. The highest BCUT2D eigenvalue weighted by atomic mass is 17.0. The second-order valence-corrected chi connectivity index (χ2v) is 6.38. The van der Waals surface area contributed by atoms with E-state index in [0.717, 1.165) is 6.61 Å². The molecule has 0 amide bonds. The number of hydrogen-bond acceptors (Lipinski definition) is 4. The van der Waals surface area contributed by atoms with E-state index < -0.39 is 0 Å². The summed E-state index contributed by atoms with van der Waals surface area (Å²) in [5.41, 5.74) is 0.349. The molecule has 1 unspecified atom stereocenters. The number of rotatable bonds is 1. The van der Waals surface area contributed by atoms with Crippen molar-refractivity contribution < 1.29 is 14.4 Å². The van der Waals surface area contributed by atoms with Crippen LogP contribution in [-0.4, -0.2) is 30.8 Å². The van der Waals surface area contributed by atoms with Gasteiger partial charge in [-0.1, -0.05) is 18.1 Å². The third kappa shape index (κ3) is 1.05. The molecular weight excluding hydrogens is 218 g/mol. The molecular formula is C13H21NO3. The molecule has 0 spiro atoms. The van der Waals surface area contributed by atoms with E-state index in [2.05, 4.69) is 6.92 Å². The Kier molecular flexibility index (Phi) is 2.04. The third-order valence-corrected chi connectivity index (χ3v) is 5.90. The van der Waals surface area contributed by atoms with Crippen LogP contribution in [0.3, 0.4) is 0 Å². The van der Waals surface area contributed by atoms with Gasteiger partial charge in [0.05, 0.1) is 12.1 Å². The number of methoxy groups -OCH3 is 1. The monoisotopic (exact) mass is 239 g/mol. The highest BCUT2D eigenvalue weighted by molar-refractivity contribution is 5.16. The molecule has 0 aromatic rings. The molecule has 4 heteroatoms. The van der Waals surface area contributed by atoms with Crippen molar-refractivity contribution in [3.63, 3.8) is 0 Å². The Morgan fingerprint density at radius 3 is 3.06 bits per heavy atom. The van der Waals surface area contributed by atoms with Gasteiger partial charge < -0.3 is 4.74 Å². The largest absolute Gasteiger partial charge is 0.353 e. The smallest absolute Gasteiger partial charge is 0.185 e. The molecule has 4 aliphatic rings. The summed E-state index contributed by atoms with van der Waals surface area (Å²) in [6.07, 6.45) is 6.34. The molecule has 2 saturated heterocycles. The second kappa shape index (κ2) is 3.23. The average molecular weight is 239 g/mol. The Labute approximate surface area is 102 Å². The first-order valence-electron chi connectivity index (χ1n) is 6.84. The van der Waals surface area contributed by atoms with Crippen molar-refractivity contribution in [2.75, 3.05) is 13.7 Å². The standard InChI is InChI=1S/C13H21NO3/c1-12-9-7-13(6-4-3-5-10(12)13)11(15-2)17-14(12)16-8-9/h9-11H,3-8H2,1-2H3/t9-,10+,11-,12?,13-/m0/s1. The highest BCUT2D eigenvalue weighted by Gasteiger charge is 2.72. The molecule has 2 heterocycles. The number of hydroxylamine groups is 2. The van der Waals surface area contributed by atoms with Gasteiger partial charge in [0.2, 0.25) is 0 Å². The van der Waals surface area contributed by atoms with Crippen molar-refractivity contribution in [1.82, 2.24) is 5.23 Å². The van der Waals surface area contributed by atoms with E-state index >= 15 is 0 Å². The third-order valence-electron chi connectivity index (χ3n) is 5.90. The second-order valence-electron chi connectivity index (χ2n) is 6.38. The quantitative estimate of drug-likeness (QED) is 0.701. The SMILES string of the molecule is CO[C@H]1ON2OC[C@@H]3C[C@]14CCCC[C@@H]4C32C. The molecule has 17 heavy (non-hydrogen) atoms. The van der Waals surface area contributed by atoms with Crippen LogP contribution in [0.5, 0.6) is 0 Å². The molecule has 4 nitrogen and oxygen atoms in total. The zero-order chi connectivity index (χ0) is 11.7. The molecule has 0 radical (unpaired) electrons. The summed E-state index contributed by atoms with van der Waals surface area (Å²) in [5, 5.41) is 1.78. The van der Waals surface area contributed by atoms with Gasteiger partial charge in [-0.15, -0.1) is 0 Å². The Morgan fingerprint density at radius 1 is 1.35 bits per heavy atom. The van der Waals surface area contributed by atoms with Crippen LogP contribution in [0.25, 0.3) is 0 Å². The van der Waals surface area contributed by atoms with Crippen molar-refractivity contribution >= 4 is 0 Å². The minimum atomic E-state index is -0.105. The fourth-order valence-corrected chi connectivity index (χ4v) is 5.13. The minimum Gasteiger partial charge on any atom is -0.353 e. The van der Waals surface area contributed by atoms with Gasteiger partial charge in [-0.25, -0.2) is 4.84 Å². The maximum Gasteiger partial charge on any atom is 0.185 e. The first kappa shape index (κ1) is 10.7. The van der Waals surface area contributed by atoms with Crippen LogP contribution in [-0.2, 0) is 14.4 Å². The average Bonchev–Trinajstić information content (AvgIpc) is 2.74. The van der Waals surface area contributed by atoms with E-state index in [1.807, 2.05) is 0 Å². The first-order valence-corrected chi connectivity index (χ1v) is 6.84. The lowest BCUT2D eigenvalue weighted by molar-refractivity contribution is -0.476. The van der Waals surface area contributed by atoms with Gasteiger partial charge in [0, 0.05) is 18.4 Å². The van der Waals surface area contributed by atoms with Crippen LogP contribution in [0, 0.1) is 17.3 Å². The van der Waals surface area contributed by atoms with Crippen LogP contribution in [0.2, 0.25) is 0 Å². The van der Waals surface area contributed by atoms with Gasteiger partial charge in [-0.05, 0) is 32.1 Å². The highest BCUT2D eigenvalue weighted by Crippen LogP contribution is 2.67. The molecule has 4 rings (SSSR count). The first-order chi connectivity index (χ1) is 8.22. The number of hydrogen-bond donors (Lipinski definition) is 0. The zero-order valence-electron chi connectivity index (χ0n) is 10.6. The molecule has 0 N–H and O–H groups in total. The molecule has 4 fully saturated rings. The van der Waals surface area contributed by atoms with Gasteiger partial charge in [0.15, 0.2) is 6.29 Å². The van der Waals surface area contributed by atoms with Crippen molar-refractivity contribution in [3.05, 3.63) is 0 Å². The maximum absolute atomic E-state index is 5.97. The van der Waals surface area contributed by atoms with Crippen molar-refractivity contribution in [2.24, 2.45) is 17.3 Å². The van der Waals surface area contributed by atoms with E-state index in [9.17, 15) is 0 Å². The Balaban J connectivity index is 1.83. The van der Waals surface area contributed by atoms with E-state index in [1.165, 1.54) is 32.1 Å². The number of ether oxygens (including phenoxy) is 1. The minimum absolute atomic E-state index is 0.0927. The van der Waals surface area contributed by atoms with Gasteiger partial charge in [0.25, 0.3) is 0 Å². The van der Waals surface area contributed by atoms with Gasteiger partial charge in [-0.3, -0.25) is 4.84 Å². The fraction of sp³-hybridized carbons (Fsp3) is 1.00. The van der Waals surface area contributed by atoms with E-state index in [1.54, 1.807) is 12.3 Å². The van der Waals surface area contributed by atoms with Crippen LogP contribution in [0.4, 0.5) is 0 Å². The van der Waals surface area contributed by atoms with Crippen molar-refractivity contribution in [2.45, 2.75) is 50.9 Å². The zero-order valence-corrected chi connectivity index (χ0v) is 10.6. The summed E-state index contributed by atoms with van der Waals surface area (Å²) in [6, 6.07) is 0. The van der Waals surface area contributed by atoms with Gasteiger partial charge >= 0.3 is 0 Å². The van der Waals surface area contributed by atoms with E-state index in [4.69, 9.17) is 14.4 Å². The van der Waals surface area contributed by atoms with Crippen LogP contribution in [0.1, 0.15) is 39.0 Å². The summed E-state index contributed by atoms with van der Waals surface area (Å²) >= 11 is 0. The van der Waals surface area contributed by atoms with E-state index in [0.29, 0.717) is 11.8 Å². The molecule has 96 valence electrons. The predicted molar refractivity (Wildman–Crippen MR) is 60.6 cm³/mol.